The summed E-state index contributed by atoms with van der Waals surface area (Å²) in [4.78, 5) is 15.9. The van der Waals surface area contributed by atoms with Crippen LogP contribution >= 0.6 is 0 Å². The van der Waals surface area contributed by atoms with Crippen LogP contribution in [0.5, 0.6) is 11.5 Å². The maximum atomic E-state index is 14.0. The fraction of sp³-hybridized carbons (Fsp3) is 0.269. The lowest BCUT2D eigenvalue weighted by atomic mass is 10.1. The van der Waals surface area contributed by atoms with Crippen molar-refractivity contribution in [2.45, 2.75) is 19.3 Å². The summed E-state index contributed by atoms with van der Waals surface area (Å²) in [6.45, 7) is 1.86. The fourth-order valence-corrected chi connectivity index (χ4v) is 3.78. The molecule has 0 saturated carbocycles. The molecule has 0 radical (unpaired) electrons. The first-order valence-electron chi connectivity index (χ1n) is 11.2. The molecule has 4 rings (SSSR count). The molecule has 0 aromatic heterocycles. The number of halogens is 5. The summed E-state index contributed by atoms with van der Waals surface area (Å²) in [5.41, 5.74) is -1.09. The van der Waals surface area contributed by atoms with E-state index < -0.39 is 41.6 Å². The van der Waals surface area contributed by atoms with Crippen LogP contribution in [0, 0.1) is 11.6 Å². The molecule has 0 aliphatic carbocycles. The maximum Gasteiger partial charge on any atom is 0.419 e. The molecule has 0 unspecified atom stereocenters. The van der Waals surface area contributed by atoms with E-state index in [9.17, 15) is 26.7 Å². The Kier molecular flexibility index (Phi) is 7.73. The standard InChI is InChI=1S/C26H23F5N2O3/c27-23-19(8-11-22(24(23)28)26(29,30)31)17-35-25(34)33-14-12-32(13-15-33)16-18-6-9-21(10-7-18)36-20-4-2-1-3-5-20/h1-11H,12-17H2. The SMILES string of the molecule is O=C(OCc1ccc(C(F)(F)F)c(F)c1F)N1CCN(Cc2ccc(Oc3ccccc3)cc2)CC1. The number of benzene rings is 3. The topological polar surface area (TPSA) is 42.0 Å². The highest BCUT2D eigenvalue weighted by Gasteiger charge is 2.36. The molecule has 190 valence electrons. The van der Waals surface area contributed by atoms with E-state index in [2.05, 4.69) is 4.90 Å². The first kappa shape index (κ1) is 25.4. The van der Waals surface area contributed by atoms with E-state index in [0.29, 0.717) is 38.8 Å². The molecule has 1 heterocycles. The highest BCUT2D eigenvalue weighted by molar-refractivity contribution is 5.67. The van der Waals surface area contributed by atoms with Gasteiger partial charge in [-0.15, -0.1) is 0 Å². The molecule has 5 nitrogen and oxygen atoms in total. The number of hydrogen-bond donors (Lipinski definition) is 0. The van der Waals surface area contributed by atoms with Gasteiger partial charge in [-0.05, 0) is 35.9 Å². The zero-order valence-corrected chi connectivity index (χ0v) is 19.1. The maximum absolute atomic E-state index is 14.0. The second-order valence-corrected chi connectivity index (χ2v) is 8.27. The third kappa shape index (κ3) is 6.31. The summed E-state index contributed by atoms with van der Waals surface area (Å²) in [6.07, 6.45) is -5.76. The van der Waals surface area contributed by atoms with E-state index in [1.54, 1.807) is 0 Å². The van der Waals surface area contributed by atoms with Gasteiger partial charge in [0.25, 0.3) is 0 Å². The van der Waals surface area contributed by atoms with Crippen LogP contribution in [0.1, 0.15) is 16.7 Å². The minimum Gasteiger partial charge on any atom is -0.457 e. The molecule has 36 heavy (non-hydrogen) atoms. The van der Waals surface area contributed by atoms with Crippen molar-refractivity contribution in [2.75, 3.05) is 26.2 Å². The number of alkyl halides is 3. The Morgan fingerprint density at radius 1 is 0.806 bits per heavy atom. The lowest BCUT2D eigenvalue weighted by Gasteiger charge is -2.34. The summed E-state index contributed by atoms with van der Waals surface area (Å²) in [7, 11) is 0. The molecule has 0 bridgehead atoms. The summed E-state index contributed by atoms with van der Waals surface area (Å²) in [5, 5.41) is 0. The Morgan fingerprint density at radius 3 is 2.08 bits per heavy atom. The number of rotatable bonds is 6. The molecule has 0 spiro atoms. The molecule has 1 amide bonds. The van der Waals surface area contributed by atoms with E-state index in [-0.39, 0.29) is 0 Å². The molecule has 0 N–H and O–H groups in total. The molecular formula is C26H23F5N2O3. The summed E-state index contributed by atoms with van der Waals surface area (Å²) >= 11 is 0. The summed E-state index contributed by atoms with van der Waals surface area (Å²) in [6, 6.07) is 18.4. The van der Waals surface area contributed by atoms with Gasteiger partial charge in [-0.1, -0.05) is 36.4 Å². The quantitative estimate of drug-likeness (QED) is 0.372. The Hall–Kier alpha value is -3.66. The minimum atomic E-state index is -5.02. The van der Waals surface area contributed by atoms with E-state index in [4.69, 9.17) is 9.47 Å². The van der Waals surface area contributed by atoms with Crippen molar-refractivity contribution in [3.63, 3.8) is 0 Å². The molecule has 1 fully saturated rings. The number of ether oxygens (including phenoxy) is 2. The van der Waals surface area contributed by atoms with E-state index >= 15 is 0 Å². The number of carbonyl (C=O) groups is 1. The van der Waals surface area contributed by atoms with Gasteiger partial charge in [-0.25, -0.2) is 13.6 Å². The second-order valence-electron chi connectivity index (χ2n) is 8.27. The van der Waals surface area contributed by atoms with Crippen molar-refractivity contribution in [3.05, 3.63) is 95.1 Å². The molecule has 3 aromatic rings. The number of piperazine rings is 1. The van der Waals surface area contributed by atoms with Gasteiger partial charge in [-0.2, -0.15) is 13.2 Å². The fourth-order valence-electron chi connectivity index (χ4n) is 3.78. The average Bonchev–Trinajstić information content (AvgIpc) is 2.86. The van der Waals surface area contributed by atoms with Crippen LogP contribution in [0.3, 0.4) is 0 Å². The zero-order valence-electron chi connectivity index (χ0n) is 19.1. The van der Waals surface area contributed by atoms with Crippen LogP contribution in [0.4, 0.5) is 26.7 Å². The molecule has 1 aliphatic rings. The molecule has 1 aliphatic heterocycles. The van der Waals surface area contributed by atoms with Gasteiger partial charge >= 0.3 is 12.3 Å². The van der Waals surface area contributed by atoms with Crippen LogP contribution in [0.15, 0.2) is 66.7 Å². The highest BCUT2D eigenvalue weighted by atomic mass is 19.4. The average molecular weight is 506 g/mol. The number of hydrogen-bond acceptors (Lipinski definition) is 4. The van der Waals surface area contributed by atoms with Crippen LogP contribution in [0.25, 0.3) is 0 Å². The van der Waals surface area contributed by atoms with Gasteiger partial charge in [0, 0.05) is 38.3 Å². The normalized spacial score (nSPS) is 14.5. The van der Waals surface area contributed by atoms with Gasteiger partial charge in [-0.3, -0.25) is 4.90 Å². The number of amides is 1. The number of carbonyl (C=O) groups excluding carboxylic acids is 1. The summed E-state index contributed by atoms with van der Waals surface area (Å²) in [5.74, 6) is -2.21. The van der Waals surface area contributed by atoms with Crippen molar-refractivity contribution >= 4 is 6.09 Å². The zero-order chi connectivity index (χ0) is 25.7. The first-order chi connectivity index (χ1) is 17.2. The van der Waals surface area contributed by atoms with Crippen LogP contribution < -0.4 is 4.74 Å². The van der Waals surface area contributed by atoms with Crippen molar-refractivity contribution in [1.82, 2.24) is 9.80 Å². The van der Waals surface area contributed by atoms with Gasteiger partial charge in [0.15, 0.2) is 11.6 Å². The summed E-state index contributed by atoms with van der Waals surface area (Å²) < 4.78 is 76.5. The van der Waals surface area contributed by atoms with Crippen LogP contribution in [0.2, 0.25) is 0 Å². The Balaban J connectivity index is 1.24. The predicted molar refractivity (Wildman–Crippen MR) is 121 cm³/mol. The van der Waals surface area contributed by atoms with Crippen molar-refractivity contribution in [2.24, 2.45) is 0 Å². The molecule has 3 aromatic carbocycles. The monoisotopic (exact) mass is 506 g/mol. The van der Waals surface area contributed by atoms with Gasteiger partial charge in [0.05, 0.1) is 5.56 Å². The smallest absolute Gasteiger partial charge is 0.419 e. The third-order valence-electron chi connectivity index (χ3n) is 5.76. The molecule has 0 atom stereocenters. The van der Waals surface area contributed by atoms with Crippen molar-refractivity contribution in [1.29, 1.82) is 0 Å². The van der Waals surface area contributed by atoms with Crippen molar-refractivity contribution in [3.8, 4) is 11.5 Å². The lowest BCUT2D eigenvalue weighted by molar-refractivity contribution is -0.140. The Labute approximate surface area is 204 Å². The lowest BCUT2D eigenvalue weighted by Crippen LogP contribution is -2.48. The van der Waals surface area contributed by atoms with E-state index in [1.807, 2.05) is 54.6 Å². The number of nitrogens with zero attached hydrogens (tertiary/aromatic N) is 2. The van der Waals surface area contributed by atoms with E-state index in [0.717, 1.165) is 23.1 Å². The van der Waals surface area contributed by atoms with Gasteiger partial charge < -0.3 is 14.4 Å². The molecular weight excluding hydrogens is 483 g/mol. The largest absolute Gasteiger partial charge is 0.457 e. The van der Waals surface area contributed by atoms with Gasteiger partial charge in [0.2, 0.25) is 0 Å². The van der Waals surface area contributed by atoms with Crippen molar-refractivity contribution < 1.29 is 36.2 Å². The predicted octanol–water partition coefficient (Wildman–Crippen LogP) is 6.23. The molecule has 1 saturated heterocycles. The highest BCUT2D eigenvalue weighted by Crippen LogP contribution is 2.33. The number of para-hydroxylation sites is 1. The molecule has 10 heteroatoms. The third-order valence-corrected chi connectivity index (χ3v) is 5.76. The Morgan fingerprint density at radius 2 is 1.44 bits per heavy atom. The first-order valence-corrected chi connectivity index (χ1v) is 11.2. The Bertz CT molecular complexity index is 1180. The van der Waals surface area contributed by atoms with E-state index in [1.165, 1.54) is 4.90 Å². The minimum absolute atomic E-state index is 0.359. The van der Waals surface area contributed by atoms with Crippen LogP contribution in [-0.2, 0) is 24.1 Å². The van der Waals surface area contributed by atoms with Gasteiger partial charge in [0.1, 0.15) is 18.1 Å². The second kappa shape index (κ2) is 10.9. The van der Waals surface area contributed by atoms with Crippen LogP contribution in [-0.4, -0.2) is 42.1 Å².